The van der Waals surface area contributed by atoms with Crippen molar-refractivity contribution < 1.29 is 19.2 Å². The van der Waals surface area contributed by atoms with Gasteiger partial charge in [-0.2, -0.15) is 0 Å². The van der Waals surface area contributed by atoms with E-state index in [-0.39, 0.29) is 12.2 Å². The molecule has 0 saturated carbocycles. The number of unbranched alkanes of at least 4 members (excludes halogenated alkanes) is 1. The fourth-order valence-electron chi connectivity index (χ4n) is 4.50. The van der Waals surface area contributed by atoms with Crippen molar-refractivity contribution in [3.8, 4) is 5.75 Å². The minimum Gasteiger partial charge on any atom is -0.489 e. The highest BCUT2D eigenvalue weighted by atomic mass is 16.5. The molecule has 0 aliphatic carbocycles. The van der Waals surface area contributed by atoms with Crippen LogP contribution in [0.3, 0.4) is 0 Å². The lowest BCUT2D eigenvalue weighted by molar-refractivity contribution is 0.0576. The first-order valence-corrected chi connectivity index (χ1v) is 12.6. The van der Waals surface area contributed by atoms with Crippen molar-refractivity contribution in [1.29, 1.82) is 0 Å². The summed E-state index contributed by atoms with van der Waals surface area (Å²) in [5, 5.41) is 10.8. The third kappa shape index (κ3) is 7.18. The van der Waals surface area contributed by atoms with Crippen molar-refractivity contribution in [2.75, 3.05) is 19.8 Å². The Morgan fingerprint density at radius 2 is 1.60 bits per heavy atom. The van der Waals surface area contributed by atoms with Gasteiger partial charge >= 0.3 is 7.12 Å². The van der Waals surface area contributed by atoms with E-state index >= 15 is 0 Å². The molecule has 0 aromatic heterocycles. The van der Waals surface area contributed by atoms with E-state index in [4.69, 9.17) is 14.1 Å². The van der Waals surface area contributed by atoms with Crippen molar-refractivity contribution in [3.63, 3.8) is 0 Å². The van der Waals surface area contributed by atoms with Gasteiger partial charge in [-0.3, -0.25) is 4.90 Å². The number of hydrogen-bond acceptors (Lipinski definition) is 5. The Balaban J connectivity index is 1.48. The molecule has 0 unspecified atom stereocenters. The molecule has 0 bridgehead atoms. The van der Waals surface area contributed by atoms with Gasteiger partial charge in [-0.1, -0.05) is 86.1 Å². The van der Waals surface area contributed by atoms with E-state index in [1.165, 1.54) is 11.1 Å². The summed E-state index contributed by atoms with van der Waals surface area (Å²) in [7, 11) is -1.00. The van der Waals surface area contributed by atoms with E-state index in [2.05, 4.69) is 60.4 Å². The van der Waals surface area contributed by atoms with Crippen LogP contribution in [0.4, 0.5) is 0 Å². The third-order valence-corrected chi connectivity index (χ3v) is 6.23. The molecule has 5 nitrogen and oxygen atoms in total. The van der Waals surface area contributed by atoms with E-state index < -0.39 is 7.12 Å². The van der Waals surface area contributed by atoms with Crippen LogP contribution in [-0.2, 0) is 22.5 Å². The SMILES string of the molecule is CCCCOC[C@@H](C)Oc1cccc2c1B(O)O[C@@H]2CN(Cc1ccccc1)Cc1ccccc1. The topological polar surface area (TPSA) is 51.2 Å². The fourth-order valence-corrected chi connectivity index (χ4v) is 4.50. The maximum atomic E-state index is 10.8. The van der Waals surface area contributed by atoms with Gasteiger partial charge in [-0.05, 0) is 36.1 Å². The molecule has 1 aliphatic rings. The third-order valence-electron chi connectivity index (χ3n) is 6.23. The lowest BCUT2D eigenvalue weighted by atomic mass is 9.78. The first-order valence-electron chi connectivity index (χ1n) is 12.6. The largest absolute Gasteiger partial charge is 0.495 e. The summed E-state index contributed by atoms with van der Waals surface area (Å²) in [6.07, 6.45) is 1.80. The summed E-state index contributed by atoms with van der Waals surface area (Å²) < 4.78 is 18.0. The summed E-state index contributed by atoms with van der Waals surface area (Å²) >= 11 is 0. The monoisotopic (exact) mass is 473 g/mol. The van der Waals surface area contributed by atoms with Gasteiger partial charge in [0.25, 0.3) is 0 Å². The Kier molecular flexibility index (Phi) is 9.38. The highest BCUT2D eigenvalue weighted by Gasteiger charge is 2.38. The van der Waals surface area contributed by atoms with Crippen LogP contribution in [-0.4, -0.2) is 42.9 Å². The smallest absolute Gasteiger partial charge is 0.489 e. The predicted octanol–water partition coefficient (Wildman–Crippen LogP) is 4.73. The molecule has 6 heteroatoms. The van der Waals surface area contributed by atoms with Crippen molar-refractivity contribution in [2.45, 2.75) is 52.0 Å². The van der Waals surface area contributed by atoms with Gasteiger partial charge in [0, 0.05) is 31.7 Å². The summed E-state index contributed by atoms with van der Waals surface area (Å²) in [4.78, 5) is 2.37. The zero-order valence-corrected chi connectivity index (χ0v) is 20.8. The lowest BCUT2D eigenvalue weighted by Crippen LogP contribution is -2.32. The second-order valence-corrected chi connectivity index (χ2v) is 9.23. The second-order valence-electron chi connectivity index (χ2n) is 9.23. The van der Waals surface area contributed by atoms with Crippen LogP contribution >= 0.6 is 0 Å². The quantitative estimate of drug-likeness (QED) is 0.287. The number of ether oxygens (including phenoxy) is 2. The van der Waals surface area contributed by atoms with Crippen LogP contribution in [0.1, 0.15) is 49.5 Å². The van der Waals surface area contributed by atoms with Crippen molar-refractivity contribution in [1.82, 2.24) is 4.90 Å². The number of benzene rings is 3. The predicted molar refractivity (Wildman–Crippen MR) is 141 cm³/mol. The molecule has 35 heavy (non-hydrogen) atoms. The molecule has 1 aliphatic heterocycles. The van der Waals surface area contributed by atoms with E-state index in [0.29, 0.717) is 18.9 Å². The Hall–Kier alpha value is -2.64. The molecule has 1 N–H and O–H groups in total. The zero-order valence-electron chi connectivity index (χ0n) is 20.8. The van der Waals surface area contributed by atoms with Gasteiger partial charge < -0.3 is 19.2 Å². The zero-order chi connectivity index (χ0) is 24.5. The van der Waals surface area contributed by atoms with Gasteiger partial charge in [0.15, 0.2) is 0 Å². The average Bonchev–Trinajstić information content (AvgIpc) is 3.19. The van der Waals surface area contributed by atoms with E-state index in [0.717, 1.165) is 43.6 Å². The summed E-state index contributed by atoms with van der Waals surface area (Å²) in [5.41, 5.74) is 4.21. The molecule has 0 spiro atoms. The standard InChI is InChI=1S/C29H36BNO4/c1-3-4-18-33-22-23(2)34-27-17-11-16-26-28(35-30(32)29(26)27)21-31(19-24-12-7-5-8-13-24)20-25-14-9-6-10-15-25/h5-17,23,28,32H,3-4,18-22H2,1-2H3/t23-,28-/m1/s1. The Morgan fingerprint density at radius 1 is 0.943 bits per heavy atom. The molecule has 2 atom stereocenters. The van der Waals surface area contributed by atoms with Crippen LogP contribution in [0.5, 0.6) is 5.75 Å². The Labute approximate surface area is 209 Å². The van der Waals surface area contributed by atoms with Gasteiger partial charge in [0.1, 0.15) is 11.9 Å². The molecule has 1 heterocycles. The van der Waals surface area contributed by atoms with Crippen LogP contribution in [0.2, 0.25) is 0 Å². The molecule has 3 aromatic rings. The maximum absolute atomic E-state index is 10.8. The molecule has 0 amide bonds. The fraction of sp³-hybridized carbons (Fsp3) is 0.379. The number of hydrogen-bond donors (Lipinski definition) is 1. The molecular weight excluding hydrogens is 437 g/mol. The van der Waals surface area contributed by atoms with E-state index in [9.17, 15) is 5.02 Å². The van der Waals surface area contributed by atoms with Crippen LogP contribution < -0.4 is 10.2 Å². The molecule has 0 saturated heterocycles. The molecule has 184 valence electrons. The first-order chi connectivity index (χ1) is 17.1. The molecule has 4 rings (SSSR count). The van der Waals surface area contributed by atoms with Gasteiger partial charge in [0.2, 0.25) is 0 Å². The summed E-state index contributed by atoms with van der Waals surface area (Å²) in [6.45, 7) is 7.65. The minimum absolute atomic E-state index is 0.114. The van der Waals surface area contributed by atoms with E-state index in [1.807, 2.05) is 37.3 Å². The highest BCUT2D eigenvalue weighted by Crippen LogP contribution is 2.30. The van der Waals surface area contributed by atoms with Gasteiger partial charge in [-0.25, -0.2) is 0 Å². The summed E-state index contributed by atoms with van der Waals surface area (Å²) in [6, 6.07) is 26.8. The van der Waals surface area contributed by atoms with Crippen molar-refractivity contribution >= 4 is 12.6 Å². The normalized spacial score (nSPS) is 15.9. The Bertz CT molecular complexity index is 992. The first kappa shape index (κ1) is 25.5. The summed E-state index contributed by atoms with van der Waals surface area (Å²) in [5.74, 6) is 0.668. The molecular formula is C29H36BNO4. The van der Waals surface area contributed by atoms with Crippen molar-refractivity contribution in [2.24, 2.45) is 0 Å². The number of rotatable bonds is 13. The van der Waals surface area contributed by atoms with Gasteiger partial charge in [0.05, 0.1) is 12.7 Å². The second kappa shape index (κ2) is 12.9. The lowest BCUT2D eigenvalue weighted by Gasteiger charge is -2.26. The van der Waals surface area contributed by atoms with Crippen LogP contribution in [0.15, 0.2) is 78.9 Å². The van der Waals surface area contributed by atoms with Crippen LogP contribution in [0.25, 0.3) is 0 Å². The van der Waals surface area contributed by atoms with Crippen molar-refractivity contribution in [3.05, 3.63) is 95.6 Å². The van der Waals surface area contributed by atoms with Crippen LogP contribution in [0, 0.1) is 0 Å². The molecule has 0 radical (unpaired) electrons. The average molecular weight is 473 g/mol. The highest BCUT2D eigenvalue weighted by molar-refractivity contribution is 6.62. The maximum Gasteiger partial charge on any atom is 0.495 e. The van der Waals surface area contributed by atoms with Gasteiger partial charge in [-0.15, -0.1) is 0 Å². The number of nitrogens with zero attached hydrogens (tertiary/aromatic N) is 1. The molecule has 0 fully saturated rings. The number of fused-ring (bicyclic) bond motifs is 1. The minimum atomic E-state index is -1.00. The molecule has 3 aromatic carbocycles. The van der Waals surface area contributed by atoms with E-state index in [1.54, 1.807) is 0 Å². The Morgan fingerprint density at radius 3 is 2.23 bits per heavy atom.